The Morgan fingerprint density at radius 1 is 1.42 bits per heavy atom. The molecule has 3 nitrogen and oxygen atoms in total. The van der Waals surface area contributed by atoms with Crippen LogP contribution >= 0.6 is 15.9 Å². The lowest BCUT2D eigenvalue weighted by Gasteiger charge is -2.29. The Hall–Kier alpha value is -1.29. The monoisotopic (exact) mass is 325 g/mol. The van der Waals surface area contributed by atoms with E-state index in [1.165, 1.54) is 0 Å². The molecule has 0 amide bonds. The van der Waals surface area contributed by atoms with Crippen molar-refractivity contribution < 1.29 is 9.90 Å². The summed E-state index contributed by atoms with van der Waals surface area (Å²) in [7, 11) is 2.09. The maximum atomic E-state index is 10.5. The molecule has 0 saturated carbocycles. The third kappa shape index (κ3) is 4.39. The molecule has 0 unspecified atom stereocenters. The number of carboxylic acid groups (broad SMARTS) is 1. The predicted octanol–water partition coefficient (Wildman–Crippen LogP) is 4.17. The Bertz CT molecular complexity index is 467. The number of benzene rings is 1. The Balaban J connectivity index is 2.97. The maximum absolute atomic E-state index is 10.5. The van der Waals surface area contributed by atoms with Crippen molar-refractivity contribution in [1.29, 1.82) is 0 Å². The number of hydrogen-bond acceptors (Lipinski definition) is 2. The van der Waals surface area contributed by atoms with E-state index in [1.807, 2.05) is 18.2 Å². The average Bonchev–Trinajstić information content (AvgIpc) is 2.37. The Morgan fingerprint density at radius 2 is 2.05 bits per heavy atom. The fourth-order valence-electron chi connectivity index (χ4n) is 2.11. The van der Waals surface area contributed by atoms with Crippen LogP contribution in [0.1, 0.15) is 32.3 Å². The van der Waals surface area contributed by atoms with E-state index in [-0.39, 0.29) is 0 Å². The van der Waals surface area contributed by atoms with Crippen LogP contribution in [0.25, 0.3) is 6.08 Å². The van der Waals surface area contributed by atoms with Gasteiger partial charge in [-0.1, -0.05) is 19.9 Å². The van der Waals surface area contributed by atoms with Crippen molar-refractivity contribution in [3.05, 3.63) is 34.3 Å². The zero-order chi connectivity index (χ0) is 14.4. The second kappa shape index (κ2) is 7.34. The summed E-state index contributed by atoms with van der Waals surface area (Å²) in [6.07, 6.45) is 4.93. The van der Waals surface area contributed by atoms with Crippen LogP contribution in [-0.4, -0.2) is 24.2 Å². The second-order valence-corrected chi connectivity index (χ2v) is 5.32. The minimum Gasteiger partial charge on any atom is -0.478 e. The largest absolute Gasteiger partial charge is 0.478 e. The highest BCUT2D eigenvalue weighted by molar-refractivity contribution is 9.10. The normalized spacial score (nSPS) is 11.2. The molecule has 0 bridgehead atoms. The highest BCUT2D eigenvalue weighted by Gasteiger charge is 2.13. The van der Waals surface area contributed by atoms with E-state index in [0.717, 1.165) is 34.6 Å². The first kappa shape index (κ1) is 15.8. The zero-order valence-electron chi connectivity index (χ0n) is 11.6. The summed E-state index contributed by atoms with van der Waals surface area (Å²) in [5, 5.41) is 8.62. The topological polar surface area (TPSA) is 40.5 Å². The number of aliphatic carboxylic acids is 1. The van der Waals surface area contributed by atoms with E-state index in [1.54, 1.807) is 6.08 Å². The molecule has 0 atom stereocenters. The van der Waals surface area contributed by atoms with E-state index in [9.17, 15) is 4.79 Å². The van der Waals surface area contributed by atoms with Crippen molar-refractivity contribution in [3.63, 3.8) is 0 Å². The number of carboxylic acids is 1. The predicted molar refractivity (Wildman–Crippen MR) is 83.6 cm³/mol. The molecule has 0 aromatic heterocycles. The first-order chi connectivity index (χ1) is 8.99. The van der Waals surface area contributed by atoms with Crippen LogP contribution in [-0.2, 0) is 4.79 Å². The molecule has 1 N–H and O–H groups in total. The quantitative estimate of drug-likeness (QED) is 0.798. The molecule has 0 heterocycles. The molecule has 1 aromatic rings. The minimum atomic E-state index is -0.936. The molecule has 1 rings (SSSR count). The number of carbonyl (C=O) groups is 1. The van der Waals surface area contributed by atoms with Crippen molar-refractivity contribution in [3.8, 4) is 0 Å². The molecule has 0 spiro atoms. The molecule has 1 aromatic carbocycles. The Morgan fingerprint density at radius 3 is 2.53 bits per heavy atom. The van der Waals surface area contributed by atoms with Crippen LogP contribution in [0.3, 0.4) is 0 Å². The van der Waals surface area contributed by atoms with Gasteiger partial charge in [0.25, 0.3) is 0 Å². The summed E-state index contributed by atoms with van der Waals surface area (Å²) >= 11 is 3.56. The maximum Gasteiger partial charge on any atom is 0.328 e. The van der Waals surface area contributed by atoms with Crippen molar-refractivity contribution in [1.82, 2.24) is 0 Å². The molecule has 0 aliphatic rings. The summed E-state index contributed by atoms with van der Waals surface area (Å²) in [6.45, 7) is 4.37. The number of rotatable bonds is 6. The van der Waals surface area contributed by atoms with Crippen molar-refractivity contribution in [2.24, 2.45) is 0 Å². The number of anilines is 1. The third-order valence-electron chi connectivity index (χ3n) is 3.26. The fraction of sp³-hybridized carbons (Fsp3) is 0.400. The van der Waals surface area contributed by atoms with Crippen LogP contribution in [0.4, 0.5) is 5.69 Å². The third-order valence-corrected chi connectivity index (χ3v) is 3.90. The standard InChI is InChI=1S/C15H20BrNO2/c1-4-12(5-2)17(3)14-8-6-11(10-13(14)16)7-9-15(18)19/h6-10,12H,4-5H2,1-3H3,(H,18,19)/b9-7+. The highest BCUT2D eigenvalue weighted by atomic mass is 79.9. The lowest BCUT2D eigenvalue weighted by molar-refractivity contribution is -0.131. The van der Waals surface area contributed by atoms with E-state index < -0.39 is 5.97 Å². The molecule has 0 fully saturated rings. The van der Waals surface area contributed by atoms with E-state index >= 15 is 0 Å². The fourth-order valence-corrected chi connectivity index (χ4v) is 2.79. The smallest absolute Gasteiger partial charge is 0.328 e. The summed E-state index contributed by atoms with van der Waals surface area (Å²) in [5.74, 6) is -0.936. The van der Waals surface area contributed by atoms with Gasteiger partial charge in [-0.3, -0.25) is 0 Å². The van der Waals surface area contributed by atoms with E-state index in [2.05, 4.69) is 41.7 Å². The lowest BCUT2D eigenvalue weighted by atomic mass is 10.1. The molecule has 0 radical (unpaired) electrons. The SMILES string of the molecule is CCC(CC)N(C)c1ccc(/C=C/C(=O)O)cc1Br. The molecule has 0 saturated heterocycles. The first-order valence-electron chi connectivity index (χ1n) is 6.43. The van der Waals surface area contributed by atoms with Gasteiger partial charge in [-0.2, -0.15) is 0 Å². The van der Waals surface area contributed by atoms with Gasteiger partial charge in [-0.05, 0) is 52.5 Å². The molecule has 0 aliphatic heterocycles. The molecular formula is C15H20BrNO2. The Labute approximate surface area is 123 Å². The van der Waals surface area contributed by atoms with Gasteiger partial charge < -0.3 is 10.0 Å². The molecule has 104 valence electrons. The van der Waals surface area contributed by atoms with Gasteiger partial charge in [0.2, 0.25) is 0 Å². The van der Waals surface area contributed by atoms with Gasteiger partial charge in [0.1, 0.15) is 0 Å². The molecule has 19 heavy (non-hydrogen) atoms. The lowest BCUT2D eigenvalue weighted by Crippen LogP contribution is -2.30. The van der Waals surface area contributed by atoms with Gasteiger partial charge in [-0.25, -0.2) is 4.79 Å². The summed E-state index contributed by atoms with van der Waals surface area (Å²) in [6, 6.07) is 6.40. The molecule has 0 aliphatic carbocycles. The van der Waals surface area contributed by atoms with Gasteiger partial charge in [0, 0.05) is 23.6 Å². The molecule has 4 heteroatoms. The van der Waals surface area contributed by atoms with Crippen LogP contribution < -0.4 is 4.90 Å². The first-order valence-corrected chi connectivity index (χ1v) is 7.22. The van der Waals surface area contributed by atoms with Gasteiger partial charge in [-0.15, -0.1) is 0 Å². The summed E-state index contributed by atoms with van der Waals surface area (Å²) in [5.41, 5.74) is 2.00. The van der Waals surface area contributed by atoms with Gasteiger partial charge in [0.15, 0.2) is 0 Å². The molecular weight excluding hydrogens is 306 g/mol. The van der Waals surface area contributed by atoms with Crippen LogP contribution in [0, 0.1) is 0 Å². The van der Waals surface area contributed by atoms with Crippen molar-refractivity contribution >= 4 is 33.7 Å². The number of halogens is 1. The van der Waals surface area contributed by atoms with Gasteiger partial charge >= 0.3 is 5.97 Å². The van der Waals surface area contributed by atoms with Crippen molar-refractivity contribution in [2.75, 3.05) is 11.9 Å². The minimum absolute atomic E-state index is 0.511. The van der Waals surface area contributed by atoms with Crippen molar-refractivity contribution in [2.45, 2.75) is 32.7 Å². The van der Waals surface area contributed by atoms with Crippen LogP contribution in [0.2, 0.25) is 0 Å². The summed E-state index contributed by atoms with van der Waals surface area (Å²) in [4.78, 5) is 12.8. The van der Waals surface area contributed by atoms with E-state index in [0.29, 0.717) is 6.04 Å². The zero-order valence-corrected chi connectivity index (χ0v) is 13.1. The van der Waals surface area contributed by atoms with E-state index in [4.69, 9.17) is 5.11 Å². The summed E-state index contributed by atoms with van der Waals surface area (Å²) < 4.78 is 0.981. The van der Waals surface area contributed by atoms with Gasteiger partial charge in [0.05, 0.1) is 5.69 Å². The Kier molecular flexibility index (Phi) is 6.09. The van der Waals surface area contributed by atoms with Crippen LogP contribution in [0.5, 0.6) is 0 Å². The number of nitrogens with zero attached hydrogens (tertiary/aromatic N) is 1. The number of hydrogen-bond donors (Lipinski definition) is 1. The highest BCUT2D eigenvalue weighted by Crippen LogP contribution is 2.29. The van der Waals surface area contributed by atoms with Crippen LogP contribution in [0.15, 0.2) is 28.7 Å². The second-order valence-electron chi connectivity index (χ2n) is 4.46. The average molecular weight is 326 g/mol.